The number of nitrogens with zero attached hydrogens (tertiary/aromatic N) is 1. The number of H-pyrrole nitrogens is 1. The summed E-state index contributed by atoms with van der Waals surface area (Å²) >= 11 is 6.51. The summed E-state index contributed by atoms with van der Waals surface area (Å²) in [5.74, 6) is 0. The zero-order valence-corrected chi connectivity index (χ0v) is 8.78. The van der Waals surface area contributed by atoms with Gasteiger partial charge in [-0.05, 0) is 24.3 Å². The molecule has 14 heavy (non-hydrogen) atoms. The van der Waals surface area contributed by atoms with Crippen molar-refractivity contribution in [1.82, 2.24) is 4.98 Å². The Bertz CT molecular complexity index is 545. The number of thiophene rings is 1. The van der Waals surface area contributed by atoms with Gasteiger partial charge in [0.1, 0.15) is 10.9 Å². The highest BCUT2D eigenvalue weighted by atomic mass is 32.1. The van der Waals surface area contributed by atoms with Crippen LogP contribution < -0.4 is 0 Å². The first kappa shape index (κ1) is 9.13. The molecule has 0 aliphatic rings. The monoisotopic (exact) mass is 218 g/mol. The third kappa shape index (κ3) is 1.74. The van der Waals surface area contributed by atoms with E-state index in [9.17, 15) is 0 Å². The molecule has 0 aliphatic heterocycles. The van der Waals surface area contributed by atoms with Gasteiger partial charge in [0.05, 0.1) is 10.6 Å². The largest absolute Gasteiger partial charge is 0.360 e. The number of rotatable bonds is 1. The van der Waals surface area contributed by atoms with Gasteiger partial charge < -0.3 is 4.98 Å². The van der Waals surface area contributed by atoms with E-state index in [4.69, 9.17) is 17.5 Å². The maximum Gasteiger partial charge on any atom is 0.110 e. The van der Waals surface area contributed by atoms with Crippen LogP contribution in [0.3, 0.4) is 0 Å². The highest BCUT2D eigenvalue weighted by molar-refractivity contribution is 7.71. The second-order valence-electron chi connectivity index (χ2n) is 2.71. The molecule has 1 N–H and O–H groups in total. The van der Waals surface area contributed by atoms with Gasteiger partial charge in [-0.2, -0.15) is 5.26 Å². The number of pyridine rings is 1. The van der Waals surface area contributed by atoms with Crippen molar-refractivity contribution in [3.8, 4) is 16.6 Å². The minimum atomic E-state index is 0.711. The summed E-state index contributed by atoms with van der Waals surface area (Å²) in [5, 5.41) is 8.68. The third-order valence-electron chi connectivity index (χ3n) is 1.75. The van der Waals surface area contributed by atoms with Crippen LogP contribution in [0.15, 0.2) is 30.5 Å². The Hall–Kier alpha value is -1.44. The van der Waals surface area contributed by atoms with E-state index >= 15 is 0 Å². The lowest BCUT2D eigenvalue weighted by Crippen LogP contribution is -1.77. The SMILES string of the molecule is N#Cc1ccc(-c2cc(=S)cc[nH]2)s1. The standard InChI is InChI=1S/C10H6N2S2/c11-6-8-1-2-10(14-8)9-5-7(13)3-4-12-9/h1-5H,(H,12,13). The van der Waals surface area contributed by atoms with Crippen molar-refractivity contribution >= 4 is 23.6 Å². The molecule has 0 saturated carbocycles. The van der Waals surface area contributed by atoms with Crippen molar-refractivity contribution in [3.05, 3.63) is 39.8 Å². The van der Waals surface area contributed by atoms with E-state index in [0.717, 1.165) is 15.1 Å². The molecule has 0 amide bonds. The van der Waals surface area contributed by atoms with Gasteiger partial charge in [-0.25, -0.2) is 0 Å². The fourth-order valence-electron chi connectivity index (χ4n) is 1.13. The predicted molar refractivity (Wildman–Crippen MR) is 59.7 cm³/mol. The van der Waals surface area contributed by atoms with Gasteiger partial charge in [0, 0.05) is 10.7 Å². The molecular weight excluding hydrogens is 212 g/mol. The Balaban J connectivity index is 2.50. The van der Waals surface area contributed by atoms with E-state index in [1.807, 2.05) is 30.5 Å². The van der Waals surface area contributed by atoms with E-state index in [1.165, 1.54) is 11.3 Å². The van der Waals surface area contributed by atoms with Crippen LogP contribution in [0, 0.1) is 15.8 Å². The zero-order valence-electron chi connectivity index (χ0n) is 7.15. The van der Waals surface area contributed by atoms with Crippen molar-refractivity contribution in [2.75, 3.05) is 0 Å². The van der Waals surface area contributed by atoms with Gasteiger partial charge in [0.25, 0.3) is 0 Å². The van der Waals surface area contributed by atoms with Crippen molar-refractivity contribution in [2.24, 2.45) is 0 Å². The minimum absolute atomic E-state index is 0.711. The van der Waals surface area contributed by atoms with Crippen LogP contribution in [0.5, 0.6) is 0 Å². The molecule has 2 aromatic heterocycles. The summed E-state index contributed by atoms with van der Waals surface area (Å²) in [6.07, 6.45) is 1.81. The Kier molecular flexibility index (Phi) is 2.44. The lowest BCUT2D eigenvalue weighted by atomic mass is 10.3. The topological polar surface area (TPSA) is 39.6 Å². The van der Waals surface area contributed by atoms with E-state index in [1.54, 1.807) is 0 Å². The molecule has 0 fully saturated rings. The molecule has 2 rings (SSSR count). The van der Waals surface area contributed by atoms with E-state index < -0.39 is 0 Å². The Morgan fingerprint density at radius 3 is 2.86 bits per heavy atom. The first-order valence-corrected chi connectivity index (χ1v) is 5.21. The Labute approximate surface area is 90.5 Å². The van der Waals surface area contributed by atoms with Gasteiger partial charge in [0.2, 0.25) is 0 Å². The minimum Gasteiger partial charge on any atom is -0.360 e. The van der Waals surface area contributed by atoms with Crippen LogP contribution >= 0.6 is 23.6 Å². The number of nitriles is 1. The van der Waals surface area contributed by atoms with Crippen LogP contribution in [0.4, 0.5) is 0 Å². The Morgan fingerprint density at radius 2 is 2.21 bits per heavy atom. The average molecular weight is 218 g/mol. The van der Waals surface area contributed by atoms with E-state index in [2.05, 4.69) is 11.1 Å². The van der Waals surface area contributed by atoms with Crippen molar-refractivity contribution in [3.63, 3.8) is 0 Å². The van der Waals surface area contributed by atoms with Gasteiger partial charge in [-0.3, -0.25) is 0 Å². The highest BCUT2D eigenvalue weighted by Gasteiger charge is 2.01. The average Bonchev–Trinajstić information content (AvgIpc) is 2.66. The third-order valence-corrected chi connectivity index (χ3v) is 3.03. The molecule has 0 saturated heterocycles. The molecule has 0 aromatic carbocycles. The fourth-order valence-corrected chi connectivity index (χ4v) is 2.10. The molecule has 2 nitrogen and oxygen atoms in total. The molecule has 0 atom stereocenters. The highest BCUT2D eigenvalue weighted by Crippen LogP contribution is 2.25. The van der Waals surface area contributed by atoms with Crippen molar-refractivity contribution in [2.45, 2.75) is 0 Å². The summed E-state index contributed by atoms with van der Waals surface area (Å²) < 4.78 is 0.797. The second kappa shape index (κ2) is 3.74. The summed E-state index contributed by atoms with van der Waals surface area (Å²) in [4.78, 5) is 4.84. The Morgan fingerprint density at radius 1 is 1.36 bits per heavy atom. The molecule has 0 unspecified atom stereocenters. The summed E-state index contributed by atoms with van der Waals surface area (Å²) in [6, 6.07) is 9.56. The van der Waals surface area contributed by atoms with Gasteiger partial charge in [0.15, 0.2) is 0 Å². The number of aromatic amines is 1. The molecule has 0 radical (unpaired) electrons. The van der Waals surface area contributed by atoms with Gasteiger partial charge >= 0.3 is 0 Å². The normalized spacial score (nSPS) is 9.64. The smallest absolute Gasteiger partial charge is 0.110 e. The summed E-state index contributed by atoms with van der Waals surface area (Å²) in [6.45, 7) is 0. The predicted octanol–water partition coefficient (Wildman–Crippen LogP) is 3.34. The van der Waals surface area contributed by atoms with Crippen LogP contribution in [0.25, 0.3) is 10.6 Å². The van der Waals surface area contributed by atoms with Crippen LogP contribution in [0.2, 0.25) is 0 Å². The molecule has 2 heterocycles. The zero-order chi connectivity index (χ0) is 9.97. The van der Waals surface area contributed by atoms with Crippen molar-refractivity contribution in [1.29, 1.82) is 5.26 Å². The lowest BCUT2D eigenvalue weighted by Gasteiger charge is -1.95. The van der Waals surface area contributed by atoms with Gasteiger partial charge in [-0.15, -0.1) is 11.3 Å². The summed E-state index contributed by atoms with van der Waals surface area (Å²) in [7, 11) is 0. The van der Waals surface area contributed by atoms with Crippen molar-refractivity contribution < 1.29 is 0 Å². The summed E-state index contributed by atoms with van der Waals surface area (Å²) in [5.41, 5.74) is 0.962. The fraction of sp³-hybridized carbons (Fsp3) is 0. The number of aromatic nitrogens is 1. The van der Waals surface area contributed by atoms with E-state index in [0.29, 0.717) is 4.88 Å². The quantitative estimate of drug-likeness (QED) is 0.746. The maximum atomic E-state index is 8.68. The number of hydrogen-bond donors (Lipinski definition) is 1. The molecule has 2 aromatic rings. The molecule has 68 valence electrons. The second-order valence-corrected chi connectivity index (χ2v) is 4.27. The number of hydrogen-bond acceptors (Lipinski definition) is 3. The maximum absolute atomic E-state index is 8.68. The molecular formula is C10H6N2S2. The van der Waals surface area contributed by atoms with E-state index in [-0.39, 0.29) is 0 Å². The first-order chi connectivity index (χ1) is 6.79. The lowest BCUT2D eigenvalue weighted by molar-refractivity contribution is 1.33. The van der Waals surface area contributed by atoms with Crippen LogP contribution in [-0.2, 0) is 0 Å². The molecule has 4 heteroatoms. The van der Waals surface area contributed by atoms with Crippen LogP contribution in [0.1, 0.15) is 4.88 Å². The molecule has 0 spiro atoms. The molecule has 0 bridgehead atoms. The van der Waals surface area contributed by atoms with Gasteiger partial charge in [-0.1, -0.05) is 12.2 Å². The molecule has 0 aliphatic carbocycles. The van der Waals surface area contributed by atoms with Crippen LogP contribution in [-0.4, -0.2) is 4.98 Å². The first-order valence-electron chi connectivity index (χ1n) is 3.98. The number of nitrogens with one attached hydrogen (secondary N) is 1.